The topological polar surface area (TPSA) is 125 Å². The van der Waals surface area contributed by atoms with E-state index in [2.05, 4.69) is 21.8 Å². The average molecular weight is 495 g/mol. The zero-order valence-electron chi connectivity index (χ0n) is 19.6. The summed E-state index contributed by atoms with van der Waals surface area (Å²) in [7, 11) is -3.53. The van der Waals surface area contributed by atoms with E-state index in [1.165, 1.54) is 18.5 Å². The van der Waals surface area contributed by atoms with Gasteiger partial charge in [0.15, 0.2) is 21.4 Å². The lowest BCUT2D eigenvalue weighted by molar-refractivity contribution is -0.108. The van der Waals surface area contributed by atoms with Crippen molar-refractivity contribution in [2.75, 3.05) is 25.9 Å². The second kappa shape index (κ2) is 11.2. The number of benzene rings is 1. The molecular weight excluding hydrogens is 463 g/mol. The summed E-state index contributed by atoms with van der Waals surface area (Å²) in [5.41, 5.74) is 6.56. The number of aldehydes is 1. The van der Waals surface area contributed by atoms with Gasteiger partial charge in [0.25, 0.3) is 0 Å². The van der Waals surface area contributed by atoms with Crippen molar-refractivity contribution in [1.82, 2.24) is 14.9 Å². The number of nitrogens with two attached hydrogens (primary N) is 1. The lowest BCUT2D eigenvalue weighted by Gasteiger charge is -2.34. The molecule has 186 valence electrons. The Hall–Kier alpha value is -2.63. The van der Waals surface area contributed by atoms with E-state index in [4.69, 9.17) is 15.2 Å². The molecule has 0 spiro atoms. The molecule has 1 aliphatic heterocycles. The molecule has 1 aromatic carbocycles. The molecule has 0 aliphatic carbocycles. The molecule has 2 aromatic rings. The van der Waals surface area contributed by atoms with Crippen molar-refractivity contribution >= 4 is 16.1 Å². The van der Waals surface area contributed by atoms with Crippen molar-refractivity contribution in [3.05, 3.63) is 35.9 Å². The average Bonchev–Trinajstić information content (AvgIpc) is 2.78. The molecule has 34 heavy (non-hydrogen) atoms. The summed E-state index contributed by atoms with van der Waals surface area (Å²) in [6.45, 7) is 6.29. The van der Waals surface area contributed by atoms with Crippen LogP contribution < -0.4 is 15.2 Å². The van der Waals surface area contributed by atoms with Crippen molar-refractivity contribution in [3.63, 3.8) is 0 Å². The number of carbonyl (C=O) groups excluding carboxylic acids is 1. The summed E-state index contributed by atoms with van der Waals surface area (Å²) in [5, 5.41) is 0. The Bertz CT molecular complexity index is 1110. The van der Waals surface area contributed by atoms with Gasteiger partial charge >= 0.3 is 0 Å². The van der Waals surface area contributed by atoms with Gasteiger partial charge in [-0.2, -0.15) is 0 Å². The highest BCUT2D eigenvalue weighted by Crippen LogP contribution is 2.31. The van der Waals surface area contributed by atoms with Gasteiger partial charge in [-0.3, -0.25) is 0 Å². The molecule has 11 heteroatoms. The predicted molar refractivity (Wildman–Crippen MR) is 124 cm³/mol. The van der Waals surface area contributed by atoms with Crippen LogP contribution in [0, 0.1) is 18.7 Å². The van der Waals surface area contributed by atoms with E-state index in [9.17, 15) is 17.6 Å². The first-order valence-corrected chi connectivity index (χ1v) is 13.0. The summed E-state index contributed by atoms with van der Waals surface area (Å²) in [6.07, 6.45) is 5.09. The van der Waals surface area contributed by atoms with Gasteiger partial charge in [0.2, 0.25) is 11.8 Å². The Morgan fingerprint density at radius 3 is 2.56 bits per heavy atom. The number of likely N-dealkylation sites (tertiary alicyclic amines) is 1. The normalized spacial score (nSPS) is 17.2. The lowest BCUT2D eigenvalue weighted by Crippen LogP contribution is -2.43. The van der Waals surface area contributed by atoms with E-state index >= 15 is 0 Å². The monoisotopic (exact) mass is 494 g/mol. The van der Waals surface area contributed by atoms with E-state index in [1.807, 2.05) is 0 Å². The summed E-state index contributed by atoms with van der Waals surface area (Å²) >= 11 is 0. The lowest BCUT2D eigenvalue weighted by atomic mass is 9.98. The molecule has 2 N–H and O–H groups in total. The highest BCUT2D eigenvalue weighted by Gasteiger charge is 2.25. The van der Waals surface area contributed by atoms with E-state index in [0.717, 1.165) is 51.1 Å². The van der Waals surface area contributed by atoms with E-state index < -0.39 is 15.7 Å². The number of carbonyl (C=O) groups is 1. The number of aromatic nitrogens is 2. The van der Waals surface area contributed by atoms with Gasteiger partial charge in [-0.25, -0.2) is 22.8 Å². The molecular formula is C23H31FN4O5S. The Labute approximate surface area is 199 Å². The van der Waals surface area contributed by atoms with E-state index in [0.29, 0.717) is 17.9 Å². The number of halogens is 1. The standard InChI is InChI=1S/C23H31FN4O5S/c1-15(20(25)8-11-29)13-28-9-6-17(7-10-28)32-22-16(2)23(27-14-26-22)33-21-5-4-18(12-19(21)24)34(3,30)31/h4-5,11-12,14-15,17,20H,6-10,13,25H2,1-3H3. The van der Waals surface area contributed by atoms with Crippen LogP contribution in [0.15, 0.2) is 29.4 Å². The van der Waals surface area contributed by atoms with Crippen molar-refractivity contribution in [3.8, 4) is 17.5 Å². The first-order valence-electron chi connectivity index (χ1n) is 11.2. The van der Waals surface area contributed by atoms with E-state index in [1.54, 1.807) is 6.92 Å². The third-order valence-corrected chi connectivity index (χ3v) is 7.10. The minimum atomic E-state index is -3.53. The summed E-state index contributed by atoms with van der Waals surface area (Å²) < 4.78 is 49.3. The predicted octanol–water partition coefficient (Wildman–Crippen LogP) is 2.52. The number of sulfone groups is 1. The summed E-state index contributed by atoms with van der Waals surface area (Å²) in [6, 6.07) is 3.31. The molecule has 1 aromatic heterocycles. The van der Waals surface area contributed by atoms with Gasteiger partial charge in [-0.05, 0) is 43.9 Å². The molecule has 1 fully saturated rings. The highest BCUT2D eigenvalue weighted by molar-refractivity contribution is 7.90. The molecule has 2 atom stereocenters. The molecule has 0 bridgehead atoms. The second-order valence-electron chi connectivity index (χ2n) is 8.74. The highest BCUT2D eigenvalue weighted by atomic mass is 32.2. The van der Waals surface area contributed by atoms with Crippen molar-refractivity contribution in [1.29, 1.82) is 0 Å². The molecule has 0 amide bonds. The Morgan fingerprint density at radius 2 is 1.94 bits per heavy atom. The van der Waals surface area contributed by atoms with Crippen molar-refractivity contribution in [2.45, 2.75) is 50.2 Å². The molecule has 2 heterocycles. The number of nitrogens with zero attached hydrogens (tertiary/aromatic N) is 3. The van der Waals surface area contributed by atoms with Crippen LogP contribution in [0.1, 0.15) is 31.7 Å². The van der Waals surface area contributed by atoms with Crippen LogP contribution in [0.4, 0.5) is 4.39 Å². The number of hydrogen-bond donors (Lipinski definition) is 1. The van der Waals surface area contributed by atoms with Crippen LogP contribution in [0.2, 0.25) is 0 Å². The number of hydrogen-bond acceptors (Lipinski definition) is 9. The van der Waals surface area contributed by atoms with Crippen molar-refractivity contribution in [2.24, 2.45) is 11.7 Å². The third-order valence-electron chi connectivity index (χ3n) is 5.99. The molecule has 0 saturated carbocycles. The fourth-order valence-electron chi connectivity index (χ4n) is 3.79. The Kier molecular flexibility index (Phi) is 8.56. The molecule has 0 radical (unpaired) electrons. The van der Waals surface area contributed by atoms with Crippen LogP contribution >= 0.6 is 0 Å². The first-order chi connectivity index (χ1) is 16.1. The number of piperidine rings is 1. The van der Waals surface area contributed by atoms with Gasteiger partial charge in [-0.1, -0.05) is 6.92 Å². The van der Waals surface area contributed by atoms with Gasteiger partial charge in [-0.15, -0.1) is 0 Å². The maximum atomic E-state index is 14.4. The molecule has 2 unspecified atom stereocenters. The maximum absolute atomic E-state index is 14.4. The Balaban J connectivity index is 1.60. The zero-order valence-corrected chi connectivity index (χ0v) is 20.4. The third kappa shape index (κ3) is 6.71. The molecule has 1 aliphatic rings. The molecule has 1 saturated heterocycles. The molecule has 3 rings (SSSR count). The minimum absolute atomic E-state index is 0.0394. The number of rotatable bonds is 10. The quantitative estimate of drug-likeness (QED) is 0.496. The van der Waals surface area contributed by atoms with Crippen LogP contribution in [0.5, 0.6) is 17.5 Å². The summed E-state index contributed by atoms with van der Waals surface area (Å²) in [5.74, 6) is -0.240. The van der Waals surface area contributed by atoms with Crippen molar-refractivity contribution < 1.29 is 27.1 Å². The molecule has 9 nitrogen and oxygen atoms in total. The van der Waals surface area contributed by atoms with Gasteiger partial charge in [0.1, 0.15) is 18.7 Å². The smallest absolute Gasteiger partial charge is 0.229 e. The van der Waals surface area contributed by atoms with Crippen LogP contribution in [-0.4, -0.2) is 67.6 Å². The fourth-order valence-corrected chi connectivity index (χ4v) is 4.43. The fraction of sp³-hybridized carbons (Fsp3) is 0.522. The number of ether oxygens (including phenoxy) is 2. The van der Waals surface area contributed by atoms with Gasteiger partial charge in [0, 0.05) is 38.4 Å². The van der Waals surface area contributed by atoms with Crippen LogP contribution in [0.25, 0.3) is 0 Å². The van der Waals surface area contributed by atoms with Gasteiger partial charge in [0.05, 0.1) is 10.5 Å². The maximum Gasteiger partial charge on any atom is 0.229 e. The van der Waals surface area contributed by atoms with Crippen LogP contribution in [-0.2, 0) is 14.6 Å². The Morgan fingerprint density at radius 1 is 1.26 bits per heavy atom. The van der Waals surface area contributed by atoms with Gasteiger partial charge < -0.3 is 24.9 Å². The second-order valence-corrected chi connectivity index (χ2v) is 10.8. The van der Waals surface area contributed by atoms with E-state index in [-0.39, 0.29) is 34.6 Å². The minimum Gasteiger partial charge on any atom is -0.474 e. The van der Waals surface area contributed by atoms with Crippen LogP contribution in [0.3, 0.4) is 0 Å². The largest absolute Gasteiger partial charge is 0.474 e. The zero-order chi connectivity index (χ0) is 24.9. The first kappa shape index (κ1) is 26.0. The summed E-state index contributed by atoms with van der Waals surface area (Å²) in [4.78, 5) is 21.1. The SMILES string of the molecule is Cc1c(Oc2ccc(S(C)(=O)=O)cc2F)ncnc1OC1CCN(CC(C)C(N)CC=O)CC1.